The molecule has 0 saturated heterocycles. The van der Waals surface area contributed by atoms with Gasteiger partial charge in [0.05, 0.1) is 23.8 Å². The fourth-order valence-corrected chi connectivity index (χ4v) is 2.48. The Kier molecular flexibility index (Phi) is 9.48. The van der Waals surface area contributed by atoms with E-state index in [0.29, 0.717) is 10.9 Å². The minimum absolute atomic E-state index is 0. The van der Waals surface area contributed by atoms with Crippen molar-refractivity contribution in [2.24, 2.45) is 0 Å². The molecule has 0 amide bonds. The number of aromatic hydroxyl groups is 1. The Hall–Kier alpha value is -1.83. The topological polar surface area (TPSA) is 55.4 Å². The largest absolute Gasteiger partial charge is 0.506 e. The molecule has 0 unspecified atom stereocenters. The van der Waals surface area contributed by atoms with Gasteiger partial charge in [0, 0.05) is 32.7 Å². The summed E-state index contributed by atoms with van der Waals surface area (Å²) in [7, 11) is 0. The second-order valence-electron chi connectivity index (χ2n) is 4.77. The van der Waals surface area contributed by atoms with Crippen LogP contribution in [-0.2, 0) is 39.3 Å². The number of terminal acetylenes is 1. The molecule has 25 heavy (non-hydrogen) atoms. The molecular formula is C20H22NO3Y-. The van der Waals surface area contributed by atoms with Crippen LogP contribution in [0.4, 0.5) is 0 Å². The predicted octanol–water partition coefficient (Wildman–Crippen LogP) is 4.38. The molecule has 2 aromatic heterocycles. The fraction of sp³-hybridized carbons (Fsp3) is 0.200. The van der Waals surface area contributed by atoms with Crippen molar-refractivity contribution in [3.8, 4) is 29.2 Å². The van der Waals surface area contributed by atoms with Gasteiger partial charge in [-0.1, -0.05) is 44.0 Å². The van der Waals surface area contributed by atoms with Crippen molar-refractivity contribution in [3.05, 3.63) is 59.9 Å². The monoisotopic (exact) mass is 413 g/mol. The molecule has 129 valence electrons. The zero-order chi connectivity index (χ0) is 17.0. The van der Waals surface area contributed by atoms with Crippen LogP contribution in [0.25, 0.3) is 22.2 Å². The predicted molar refractivity (Wildman–Crippen MR) is 98.9 cm³/mol. The number of hydrogen-bond donors (Lipinski definition) is 1. The summed E-state index contributed by atoms with van der Waals surface area (Å²) in [5, 5.41) is 10.9. The number of hydrogen-bond acceptors (Lipinski definition) is 3. The Labute approximate surface area is 173 Å². The van der Waals surface area contributed by atoms with Crippen molar-refractivity contribution in [2.45, 2.75) is 27.3 Å². The number of benzene rings is 1. The van der Waals surface area contributed by atoms with Crippen LogP contribution in [0.2, 0.25) is 0 Å². The number of aromatic nitrogens is 1. The zero-order valence-electron chi connectivity index (χ0n) is 15.0. The van der Waals surface area contributed by atoms with Crippen molar-refractivity contribution >= 4 is 11.1 Å². The molecule has 2 heterocycles. The number of nitrogens with zero attached hydrogens (tertiary/aromatic N) is 1. The maximum atomic E-state index is 12.7. The summed E-state index contributed by atoms with van der Waals surface area (Å²) >= 11 is 0. The standard InChI is InChI=1S/C17H13NO3.C2H6.CH3.Y/c1-3-9-18-16(20)14(12-7-5-4-6-11(12)2)15(19)13-8-10-21-17(13)18;1-2;;/h1,4-8,10,19H,9H2,2H3;1-2H3;1H3;/q;;-1;. The molecule has 1 radical (unpaired) electrons. The van der Waals surface area contributed by atoms with E-state index >= 15 is 0 Å². The Morgan fingerprint density at radius 3 is 2.48 bits per heavy atom. The van der Waals surface area contributed by atoms with Gasteiger partial charge in [0.15, 0.2) is 0 Å². The van der Waals surface area contributed by atoms with Crippen LogP contribution in [0.1, 0.15) is 19.4 Å². The van der Waals surface area contributed by atoms with Gasteiger partial charge in [-0.25, -0.2) is 0 Å². The summed E-state index contributed by atoms with van der Waals surface area (Å²) in [5.74, 6) is 2.36. The molecule has 1 aromatic carbocycles. The summed E-state index contributed by atoms with van der Waals surface area (Å²) in [6.45, 7) is 5.97. The maximum Gasteiger partial charge on any atom is 0.265 e. The summed E-state index contributed by atoms with van der Waals surface area (Å²) < 4.78 is 6.65. The van der Waals surface area contributed by atoms with Crippen LogP contribution in [0.3, 0.4) is 0 Å². The third kappa shape index (κ3) is 4.23. The number of furan rings is 1. The Morgan fingerprint density at radius 2 is 1.88 bits per heavy atom. The summed E-state index contributed by atoms with van der Waals surface area (Å²) in [5.41, 5.74) is 1.76. The van der Waals surface area contributed by atoms with Crippen LogP contribution >= 0.6 is 0 Å². The van der Waals surface area contributed by atoms with Gasteiger partial charge in [0.2, 0.25) is 5.71 Å². The Bertz CT molecular complexity index is 932. The average molecular weight is 413 g/mol. The molecule has 1 N–H and O–H groups in total. The number of fused-ring (bicyclic) bond motifs is 1. The van der Waals surface area contributed by atoms with Crippen LogP contribution in [-0.4, -0.2) is 9.67 Å². The first-order chi connectivity index (χ1) is 11.1. The van der Waals surface area contributed by atoms with Gasteiger partial charge in [0.1, 0.15) is 5.75 Å². The van der Waals surface area contributed by atoms with Gasteiger partial charge in [-0.05, 0) is 24.1 Å². The number of aryl methyl sites for hydroxylation is 1. The summed E-state index contributed by atoms with van der Waals surface area (Å²) in [4.78, 5) is 12.7. The molecule has 3 aromatic rings. The van der Waals surface area contributed by atoms with Crippen LogP contribution in [0, 0.1) is 26.7 Å². The van der Waals surface area contributed by atoms with E-state index in [1.165, 1.54) is 10.8 Å². The van der Waals surface area contributed by atoms with Gasteiger partial charge in [-0.2, -0.15) is 0 Å². The molecule has 3 rings (SSSR count). The first-order valence-corrected chi connectivity index (χ1v) is 7.47. The molecule has 0 atom stereocenters. The molecule has 0 aliphatic rings. The van der Waals surface area contributed by atoms with Gasteiger partial charge in [0.25, 0.3) is 5.56 Å². The molecular weight excluding hydrogens is 391 g/mol. The molecule has 0 bridgehead atoms. The van der Waals surface area contributed by atoms with Crippen molar-refractivity contribution < 1.29 is 42.2 Å². The first kappa shape index (κ1) is 23.2. The fourth-order valence-electron chi connectivity index (χ4n) is 2.48. The molecule has 0 fully saturated rings. The van der Waals surface area contributed by atoms with Crippen molar-refractivity contribution in [1.29, 1.82) is 0 Å². The smallest absolute Gasteiger partial charge is 0.265 e. The maximum absolute atomic E-state index is 12.7. The molecule has 0 aliphatic heterocycles. The van der Waals surface area contributed by atoms with E-state index in [-0.39, 0.29) is 69.3 Å². The van der Waals surface area contributed by atoms with Gasteiger partial charge in [-0.15, -0.1) is 6.42 Å². The normalized spacial score (nSPS) is 9.20. The second-order valence-corrected chi connectivity index (χ2v) is 4.77. The van der Waals surface area contributed by atoms with E-state index < -0.39 is 0 Å². The third-order valence-corrected chi connectivity index (χ3v) is 3.50. The van der Waals surface area contributed by atoms with E-state index in [0.717, 1.165) is 5.56 Å². The molecule has 0 aliphatic carbocycles. The van der Waals surface area contributed by atoms with E-state index in [9.17, 15) is 9.90 Å². The van der Waals surface area contributed by atoms with E-state index in [4.69, 9.17) is 10.8 Å². The van der Waals surface area contributed by atoms with Gasteiger partial charge in [-0.3, -0.25) is 9.36 Å². The molecule has 4 nitrogen and oxygen atoms in total. The van der Waals surface area contributed by atoms with E-state index in [1.807, 2.05) is 39.0 Å². The van der Waals surface area contributed by atoms with Gasteiger partial charge >= 0.3 is 0 Å². The average Bonchev–Trinajstić information content (AvgIpc) is 3.05. The van der Waals surface area contributed by atoms with E-state index in [1.54, 1.807) is 12.1 Å². The number of rotatable bonds is 2. The van der Waals surface area contributed by atoms with Crippen LogP contribution in [0.5, 0.6) is 5.75 Å². The minimum atomic E-state index is -0.359. The molecule has 0 saturated carbocycles. The van der Waals surface area contributed by atoms with Crippen molar-refractivity contribution in [2.75, 3.05) is 0 Å². The zero-order valence-corrected chi connectivity index (χ0v) is 17.9. The van der Waals surface area contributed by atoms with E-state index in [2.05, 4.69) is 5.92 Å². The van der Waals surface area contributed by atoms with Crippen molar-refractivity contribution in [3.63, 3.8) is 0 Å². The minimum Gasteiger partial charge on any atom is -0.506 e. The van der Waals surface area contributed by atoms with Crippen LogP contribution in [0.15, 0.2) is 45.8 Å². The number of pyridine rings is 1. The van der Waals surface area contributed by atoms with Crippen molar-refractivity contribution in [1.82, 2.24) is 4.57 Å². The Balaban J connectivity index is 0.00000139. The Morgan fingerprint density at radius 1 is 1.24 bits per heavy atom. The molecule has 5 heteroatoms. The van der Waals surface area contributed by atoms with Gasteiger partial charge < -0.3 is 17.0 Å². The summed E-state index contributed by atoms with van der Waals surface area (Å²) in [6.07, 6.45) is 6.76. The molecule has 0 spiro atoms. The SMILES string of the molecule is C#CCn1c(=O)c(-c2ccccc2C)c(O)c2ccoc21.CC.[CH3-].[Y]. The third-order valence-electron chi connectivity index (χ3n) is 3.50. The summed E-state index contributed by atoms with van der Waals surface area (Å²) in [6, 6.07) is 9.02. The second kappa shape index (κ2) is 10.2. The first-order valence-electron chi connectivity index (χ1n) is 7.47. The van der Waals surface area contributed by atoms with Crippen LogP contribution < -0.4 is 5.56 Å². The quantitative estimate of drug-likeness (QED) is 0.501.